The highest BCUT2D eigenvalue weighted by atomic mass is 16.5. The van der Waals surface area contributed by atoms with Gasteiger partial charge in [-0.15, -0.1) is 0 Å². The fourth-order valence-electron chi connectivity index (χ4n) is 3.36. The van der Waals surface area contributed by atoms with E-state index in [1.165, 1.54) is 6.08 Å². The Kier molecular flexibility index (Phi) is 6.85. The van der Waals surface area contributed by atoms with E-state index in [4.69, 9.17) is 9.47 Å². The van der Waals surface area contributed by atoms with Crippen LogP contribution >= 0.6 is 0 Å². The second-order valence-corrected chi connectivity index (χ2v) is 7.37. The average Bonchev–Trinajstić information content (AvgIpc) is 3.21. The molecule has 166 valence electrons. The first-order valence-corrected chi connectivity index (χ1v) is 10.7. The van der Waals surface area contributed by atoms with Gasteiger partial charge < -0.3 is 14.8 Å². The Morgan fingerprint density at radius 1 is 1.00 bits per heavy atom. The van der Waals surface area contributed by atoms with Crippen LogP contribution in [0.3, 0.4) is 0 Å². The zero-order valence-electron chi connectivity index (χ0n) is 18.5. The molecule has 0 aliphatic carbocycles. The van der Waals surface area contributed by atoms with Crippen LogP contribution in [0.5, 0.6) is 11.5 Å². The molecule has 0 aliphatic heterocycles. The molecule has 0 bridgehead atoms. The molecule has 33 heavy (non-hydrogen) atoms. The molecule has 1 amide bonds. The molecule has 1 aromatic heterocycles. The molecule has 0 radical (unpaired) electrons. The molecule has 0 unspecified atom stereocenters. The number of allylic oxidation sites excluding steroid dienone is 1. The second kappa shape index (κ2) is 10.3. The Morgan fingerprint density at radius 2 is 1.82 bits per heavy atom. The number of H-pyrrole nitrogens is 1. The summed E-state index contributed by atoms with van der Waals surface area (Å²) in [5, 5.41) is 11.3. The Morgan fingerprint density at radius 3 is 2.64 bits per heavy atom. The number of hydrogen-bond donors (Lipinski definition) is 2. The number of anilines is 1. The number of rotatable bonds is 8. The summed E-state index contributed by atoms with van der Waals surface area (Å²) >= 11 is 0. The van der Waals surface area contributed by atoms with Crippen LogP contribution < -0.4 is 10.1 Å². The summed E-state index contributed by atoms with van der Waals surface area (Å²) in [6, 6.07) is 23.1. The number of aromatic amines is 1. The van der Waals surface area contributed by atoms with E-state index in [-0.39, 0.29) is 5.91 Å². The van der Waals surface area contributed by atoms with Gasteiger partial charge in [-0.25, -0.2) is 0 Å². The number of hydrogen-bond acceptors (Lipinski definition) is 4. The summed E-state index contributed by atoms with van der Waals surface area (Å²) in [6.07, 6.45) is 5.44. The predicted molar refractivity (Wildman–Crippen MR) is 132 cm³/mol. The van der Waals surface area contributed by atoms with Crippen LogP contribution in [-0.4, -0.2) is 22.7 Å². The summed E-state index contributed by atoms with van der Waals surface area (Å²) in [7, 11) is 0. The molecule has 0 spiro atoms. The van der Waals surface area contributed by atoms with Crippen LogP contribution in [0, 0.1) is 0 Å². The van der Waals surface area contributed by atoms with E-state index in [9.17, 15) is 4.79 Å². The van der Waals surface area contributed by atoms with E-state index < -0.39 is 0 Å². The van der Waals surface area contributed by atoms with Gasteiger partial charge in [-0.3, -0.25) is 9.89 Å². The van der Waals surface area contributed by atoms with Gasteiger partial charge in [0.05, 0.1) is 23.6 Å². The predicted octanol–water partition coefficient (Wildman–Crippen LogP) is 6.40. The third-order valence-corrected chi connectivity index (χ3v) is 4.84. The van der Waals surface area contributed by atoms with Gasteiger partial charge in [0, 0.05) is 29.3 Å². The smallest absolute Gasteiger partial charge is 0.251 e. The second-order valence-electron chi connectivity index (χ2n) is 7.37. The van der Waals surface area contributed by atoms with Crippen LogP contribution in [0.15, 0.2) is 84.6 Å². The summed E-state index contributed by atoms with van der Waals surface area (Å²) in [5.74, 6) is 1.59. The lowest BCUT2D eigenvalue weighted by molar-refractivity contribution is -0.112. The lowest BCUT2D eigenvalue weighted by Gasteiger charge is -2.09. The monoisotopic (exact) mass is 439 g/mol. The Balaban J connectivity index is 1.46. The van der Waals surface area contributed by atoms with E-state index >= 15 is 0 Å². The zero-order chi connectivity index (χ0) is 23.0. The highest BCUT2D eigenvalue weighted by Crippen LogP contribution is 2.28. The van der Waals surface area contributed by atoms with Crippen LogP contribution in [0.4, 0.5) is 5.69 Å². The van der Waals surface area contributed by atoms with Gasteiger partial charge in [0.15, 0.2) is 0 Å². The van der Waals surface area contributed by atoms with Gasteiger partial charge in [0.25, 0.3) is 5.91 Å². The van der Waals surface area contributed by atoms with Crippen molar-refractivity contribution >= 4 is 34.6 Å². The molecule has 3 aromatic carbocycles. The number of carbonyl (C=O) groups excluding carboxylic acids is 1. The van der Waals surface area contributed by atoms with E-state index in [0.717, 1.165) is 22.2 Å². The van der Waals surface area contributed by atoms with E-state index in [1.807, 2.05) is 79.7 Å². The Bertz CT molecular complexity index is 1310. The lowest BCUT2D eigenvalue weighted by Crippen LogP contribution is -2.09. The molecule has 0 aliphatic rings. The molecular formula is C27H25N3O3. The molecule has 4 aromatic rings. The molecule has 0 saturated carbocycles. The maximum atomic E-state index is 12.1. The van der Waals surface area contributed by atoms with E-state index in [2.05, 4.69) is 15.5 Å². The van der Waals surface area contributed by atoms with Crippen molar-refractivity contribution in [2.75, 3.05) is 11.9 Å². The summed E-state index contributed by atoms with van der Waals surface area (Å²) in [5.41, 5.74) is 3.49. The minimum atomic E-state index is -0.256. The van der Waals surface area contributed by atoms with Crippen molar-refractivity contribution in [3.8, 4) is 11.5 Å². The van der Waals surface area contributed by atoms with Crippen molar-refractivity contribution in [2.24, 2.45) is 0 Å². The number of benzene rings is 3. The van der Waals surface area contributed by atoms with Crippen molar-refractivity contribution in [3.05, 3.63) is 95.9 Å². The fraction of sp³-hybridized carbons (Fsp3) is 0.111. The first-order valence-electron chi connectivity index (χ1n) is 10.7. The minimum Gasteiger partial charge on any atom is -0.498 e. The quantitative estimate of drug-likeness (QED) is 0.246. The van der Waals surface area contributed by atoms with Crippen LogP contribution in [-0.2, 0) is 9.53 Å². The topological polar surface area (TPSA) is 76.2 Å². The summed E-state index contributed by atoms with van der Waals surface area (Å²) in [4.78, 5) is 12.1. The number of fused-ring (bicyclic) bond motifs is 1. The maximum Gasteiger partial charge on any atom is 0.251 e. The number of nitrogens with one attached hydrogen (secondary N) is 2. The van der Waals surface area contributed by atoms with Crippen molar-refractivity contribution in [1.29, 1.82) is 0 Å². The van der Waals surface area contributed by atoms with Crippen molar-refractivity contribution in [2.45, 2.75) is 13.8 Å². The van der Waals surface area contributed by atoms with Crippen LogP contribution in [0.1, 0.15) is 25.1 Å². The number of aromatic nitrogens is 2. The normalized spacial score (nSPS) is 11.6. The van der Waals surface area contributed by atoms with Crippen molar-refractivity contribution in [3.63, 3.8) is 0 Å². The van der Waals surface area contributed by atoms with Crippen molar-refractivity contribution < 1.29 is 14.3 Å². The molecule has 6 heteroatoms. The molecular weight excluding hydrogens is 414 g/mol. The van der Waals surface area contributed by atoms with Crippen molar-refractivity contribution in [1.82, 2.24) is 10.2 Å². The maximum absolute atomic E-state index is 12.1. The molecule has 1 heterocycles. The standard InChI is InChI=1S/C27H25N3O3/c1-3-32-19(2)16-27(31)28-21-10-7-11-22(17-21)33-23-13-14-24-25(29-30-26(24)18-23)15-12-20-8-5-4-6-9-20/h4-18H,3H2,1-2H3,(H,28,31)(H,29,30)/b15-12+,19-16+. The minimum absolute atomic E-state index is 0.256. The highest BCUT2D eigenvalue weighted by Gasteiger charge is 2.07. The van der Waals surface area contributed by atoms with E-state index in [1.54, 1.807) is 19.1 Å². The Labute approximate surface area is 192 Å². The van der Waals surface area contributed by atoms with Gasteiger partial charge in [0.2, 0.25) is 0 Å². The van der Waals surface area contributed by atoms with E-state index in [0.29, 0.717) is 29.6 Å². The molecule has 6 nitrogen and oxygen atoms in total. The first kappa shape index (κ1) is 21.9. The molecule has 0 atom stereocenters. The fourth-order valence-corrected chi connectivity index (χ4v) is 3.36. The lowest BCUT2D eigenvalue weighted by atomic mass is 10.1. The van der Waals surface area contributed by atoms with Gasteiger partial charge >= 0.3 is 0 Å². The SMILES string of the molecule is CCO/C(C)=C/C(=O)Nc1cccc(Oc2ccc3c(/C=C/c4ccccc4)n[nH]c3c2)c1. The third-order valence-electron chi connectivity index (χ3n) is 4.84. The van der Waals surface area contributed by atoms with Gasteiger partial charge in [0.1, 0.15) is 11.5 Å². The van der Waals surface area contributed by atoms with Gasteiger partial charge in [-0.05, 0) is 49.8 Å². The highest BCUT2D eigenvalue weighted by molar-refractivity contribution is 5.99. The molecule has 4 rings (SSSR count). The number of nitrogens with zero attached hydrogens (tertiary/aromatic N) is 1. The van der Waals surface area contributed by atoms with Crippen LogP contribution in [0.2, 0.25) is 0 Å². The number of amides is 1. The molecule has 0 fully saturated rings. The Hall–Kier alpha value is -4.32. The van der Waals surface area contributed by atoms with Crippen LogP contribution in [0.25, 0.3) is 23.1 Å². The molecule has 0 saturated heterocycles. The number of ether oxygens (including phenoxy) is 2. The summed E-state index contributed by atoms with van der Waals surface area (Å²) < 4.78 is 11.3. The number of carbonyl (C=O) groups is 1. The summed E-state index contributed by atoms with van der Waals surface area (Å²) in [6.45, 7) is 4.14. The molecule has 2 N–H and O–H groups in total. The van der Waals surface area contributed by atoms with Gasteiger partial charge in [-0.1, -0.05) is 42.5 Å². The largest absolute Gasteiger partial charge is 0.498 e. The average molecular weight is 440 g/mol. The third kappa shape index (κ3) is 5.89. The zero-order valence-corrected chi connectivity index (χ0v) is 18.5. The van der Waals surface area contributed by atoms with Gasteiger partial charge in [-0.2, -0.15) is 5.10 Å². The first-order chi connectivity index (χ1) is 16.1.